The fourth-order valence-corrected chi connectivity index (χ4v) is 2.83. The van der Waals surface area contributed by atoms with Gasteiger partial charge in [-0.05, 0) is 24.3 Å². The largest absolute Gasteiger partial charge is 0.459 e. The molecule has 138 valence electrons. The molecular formula is C18H19F2N3O3. The zero-order valence-corrected chi connectivity index (χ0v) is 14.1. The van der Waals surface area contributed by atoms with Gasteiger partial charge in [0, 0.05) is 45.3 Å². The molecule has 0 saturated carbocycles. The zero-order chi connectivity index (χ0) is 18.5. The smallest absolute Gasteiger partial charge is 0.287 e. The minimum Gasteiger partial charge on any atom is -0.459 e. The average molecular weight is 363 g/mol. The number of nitrogens with zero attached hydrogens (tertiary/aromatic N) is 2. The summed E-state index contributed by atoms with van der Waals surface area (Å²) in [7, 11) is 0. The van der Waals surface area contributed by atoms with Crippen molar-refractivity contribution in [3.8, 4) is 0 Å². The second-order valence-corrected chi connectivity index (χ2v) is 5.99. The molecule has 6 nitrogen and oxygen atoms in total. The predicted molar refractivity (Wildman–Crippen MR) is 89.7 cm³/mol. The van der Waals surface area contributed by atoms with Gasteiger partial charge < -0.3 is 14.6 Å². The Morgan fingerprint density at radius 2 is 1.88 bits per heavy atom. The first-order valence-corrected chi connectivity index (χ1v) is 8.33. The first-order chi connectivity index (χ1) is 12.5. The molecule has 0 unspecified atom stereocenters. The molecule has 1 aliphatic heterocycles. The summed E-state index contributed by atoms with van der Waals surface area (Å²) in [5, 5.41) is 2.76. The van der Waals surface area contributed by atoms with Crippen molar-refractivity contribution in [3.63, 3.8) is 0 Å². The molecule has 2 aromatic rings. The molecule has 1 saturated heterocycles. The van der Waals surface area contributed by atoms with E-state index in [-0.39, 0.29) is 17.2 Å². The molecule has 0 spiro atoms. The average Bonchev–Trinajstić information content (AvgIpc) is 3.16. The summed E-state index contributed by atoms with van der Waals surface area (Å²) < 4.78 is 31.7. The highest BCUT2D eigenvalue weighted by Crippen LogP contribution is 2.14. The van der Waals surface area contributed by atoms with Crippen LogP contribution in [0.1, 0.15) is 20.9 Å². The molecular weight excluding hydrogens is 344 g/mol. The fourth-order valence-electron chi connectivity index (χ4n) is 2.83. The van der Waals surface area contributed by atoms with Gasteiger partial charge in [-0.15, -0.1) is 0 Å². The topological polar surface area (TPSA) is 65.8 Å². The van der Waals surface area contributed by atoms with E-state index in [0.29, 0.717) is 45.3 Å². The van der Waals surface area contributed by atoms with Crippen LogP contribution in [0, 0.1) is 11.6 Å². The second-order valence-electron chi connectivity index (χ2n) is 5.99. The lowest BCUT2D eigenvalue weighted by Gasteiger charge is -2.34. The van der Waals surface area contributed by atoms with Gasteiger partial charge in [0.25, 0.3) is 11.8 Å². The van der Waals surface area contributed by atoms with Crippen molar-refractivity contribution in [1.29, 1.82) is 0 Å². The molecule has 26 heavy (non-hydrogen) atoms. The molecule has 0 atom stereocenters. The van der Waals surface area contributed by atoms with Gasteiger partial charge >= 0.3 is 0 Å². The van der Waals surface area contributed by atoms with Gasteiger partial charge in [0.15, 0.2) is 5.76 Å². The van der Waals surface area contributed by atoms with Gasteiger partial charge in [-0.25, -0.2) is 8.78 Å². The van der Waals surface area contributed by atoms with Crippen LogP contribution in [-0.4, -0.2) is 60.9 Å². The number of hydrogen-bond donors (Lipinski definition) is 1. The molecule has 2 amide bonds. The van der Waals surface area contributed by atoms with Crippen LogP contribution in [0.25, 0.3) is 0 Å². The standard InChI is InChI=1S/C18H19F2N3O3/c19-13-3-4-14(15(20)12-13)18(25)23-9-7-22(8-10-23)6-5-21-17(24)16-2-1-11-26-16/h1-4,11-12H,5-10H2,(H,21,24). The molecule has 1 aliphatic rings. The van der Waals surface area contributed by atoms with Crippen LogP contribution in [-0.2, 0) is 0 Å². The quantitative estimate of drug-likeness (QED) is 0.879. The Balaban J connectivity index is 1.44. The molecule has 0 aliphatic carbocycles. The molecule has 1 aromatic heterocycles. The number of piperazine rings is 1. The first kappa shape index (κ1) is 18.1. The van der Waals surface area contributed by atoms with E-state index in [0.717, 1.165) is 6.07 Å². The minimum atomic E-state index is -0.849. The van der Waals surface area contributed by atoms with Crippen molar-refractivity contribution in [1.82, 2.24) is 15.1 Å². The van der Waals surface area contributed by atoms with Crippen LogP contribution in [0.15, 0.2) is 41.0 Å². The van der Waals surface area contributed by atoms with Crippen molar-refractivity contribution in [3.05, 3.63) is 59.6 Å². The number of furan rings is 1. The maximum Gasteiger partial charge on any atom is 0.287 e. The maximum absolute atomic E-state index is 13.7. The zero-order valence-electron chi connectivity index (χ0n) is 14.1. The Kier molecular flexibility index (Phi) is 5.62. The van der Waals surface area contributed by atoms with E-state index in [1.807, 2.05) is 0 Å². The van der Waals surface area contributed by atoms with Gasteiger partial charge in [-0.1, -0.05) is 0 Å². The van der Waals surface area contributed by atoms with E-state index in [1.165, 1.54) is 12.3 Å². The number of carbonyl (C=O) groups excluding carboxylic acids is 2. The van der Waals surface area contributed by atoms with Crippen molar-refractivity contribution in [2.45, 2.75) is 0 Å². The Morgan fingerprint density at radius 3 is 2.54 bits per heavy atom. The molecule has 1 fully saturated rings. The summed E-state index contributed by atoms with van der Waals surface area (Å²) in [5.41, 5.74) is -0.120. The monoisotopic (exact) mass is 363 g/mol. The van der Waals surface area contributed by atoms with Gasteiger partial charge in [-0.3, -0.25) is 14.5 Å². The number of benzene rings is 1. The van der Waals surface area contributed by atoms with Crippen molar-refractivity contribution in [2.75, 3.05) is 39.3 Å². The molecule has 3 rings (SSSR count). The van der Waals surface area contributed by atoms with Gasteiger partial charge in [0.05, 0.1) is 11.8 Å². The highest BCUT2D eigenvalue weighted by molar-refractivity contribution is 5.94. The SMILES string of the molecule is O=C(NCCN1CCN(C(=O)c2ccc(F)cc2F)CC1)c1ccco1. The van der Waals surface area contributed by atoms with Gasteiger partial charge in [-0.2, -0.15) is 0 Å². The molecule has 0 bridgehead atoms. The third-order valence-corrected chi connectivity index (χ3v) is 4.28. The lowest BCUT2D eigenvalue weighted by atomic mass is 10.1. The van der Waals surface area contributed by atoms with Gasteiger partial charge in [0.2, 0.25) is 0 Å². The fraction of sp³-hybridized carbons (Fsp3) is 0.333. The van der Waals surface area contributed by atoms with E-state index in [9.17, 15) is 18.4 Å². The van der Waals surface area contributed by atoms with Crippen LogP contribution < -0.4 is 5.32 Å². The third kappa shape index (κ3) is 4.26. The lowest BCUT2D eigenvalue weighted by Crippen LogP contribution is -2.50. The molecule has 1 aromatic carbocycles. The van der Waals surface area contributed by atoms with Crippen molar-refractivity contribution >= 4 is 11.8 Å². The normalized spacial score (nSPS) is 15.1. The van der Waals surface area contributed by atoms with Crippen LogP contribution in [0.2, 0.25) is 0 Å². The van der Waals surface area contributed by atoms with E-state index in [4.69, 9.17) is 4.42 Å². The van der Waals surface area contributed by atoms with Crippen LogP contribution in [0.5, 0.6) is 0 Å². The number of rotatable bonds is 5. The number of halogens is 2. The molecule has 0 radical (unpaired) electrons. The summed E-state index contributed by atoms with van der Waals surface area (Å²) in [6.45, 7) is 3.22. The Bertz CT molecular complexity index is 772. The summed E-state index contributed by atoms with van der Waals surface area (Å²) in [4.78, 5) is 27.8. The van der Waals surface area contributed by atoms with Gasteiger partial charge in [0.1, 0.15) is 11.6 Å². The van der Waals surface area contributed by atoms with Crippen LogP contribution in [0.3, 0.4) is 0 Å². The number of amides is 2. The highest BCUT2D eigenvalue weighted by atomic mass is 19.1. The second kappa shape index (κ2) is 8.09. The first-order valence-electron chi connectivity index (χ1n) is 8.33. The van der Waals surface area contributed by atoms with E-state index >= 15 is 0 Å². The van der Waals surface area contributed by atoms with Crippen LogP contribution >= 0.6 is 0 Å². The van der Waals surface area contributed by atoms with E-state index < -0.39 is 17.5 Å². The Hall–Kier alpha value is -2.74. The Labute approximate surface area is 149 Å². The summed E-state index contributed by atoms with van der Waals surface area (Å²) >= 11 is 0. The Morgan fingerprint density at radius 1 is 1.12 bits per heavy atom. The number of nitrogens with one attached hydrogen (secondary N) is 1. The summed E-state index contributed by atoms with van der Waals surface area (Å²) in [6.07, 6.45) is 1.44. The van der Waals surface area contributed by atoms with Crippen LogP contribution in [0.4, 0.5) is 8.78 Å². The maximum atomic E-state index is 13.7. The minimum absolute atomic E-state index is 0.120. The highest BCUT2D eigenvalue weighted by Gasteiger charge is 2.24. The number of carbonyl (C=O) groups is 2. The lowest BCUT2D eigenvalue weighted by molar-refractivity contribution is 0.0633. The van der Waals surface area contributed by atoms with E-state index in [2.05, 4.69) is 10.2 Å². The van der Waals surface area contributed by atoms with E-state index in [1.54, 1.807) is 17.0 Å². The van der Waals surface area contributed by atoms with Crippen molar-refractivity contribution in [2.24, 2.45) is 0 Å². The summed E-state index contributed by atoms with van der Waals surface area (Å²) in [5.74, 6) is -2.00. The third-order valence-electron chi connectivity index (χ3n) is 4.28. The van der Waals surface area contributed by atoms with Crippen molar-refractivity contribution < 1.29 is 22.8 Å². The molecule has 2 heterocycles. The summed E-state index contributed by atoms with van der Waals surface area (Å²) in [6, 6.07) is 6.20. The number of hydrogen-bond acceptors (Lipinski definition) is 4. The molecule has 1 N–H and O–H groups in total. The molecule has 8 heteroatoms. The predicted octanol–water partition coefficient (Wildman–Crippen LogP) is 1.75.